The van der Waals surface area contributed by atoms with E-state index in [0.717, 1.165) is 48.4 Å². The van der Waals surface area contributed by atoms with Crippen molar-refractivity contribution in [3.63, 3.8) is 0 Å². The summed E-state index contributed by atoms with van der Waals surface area (Å²) in [6.45, 7) is 6.06. The van der Waals surface area contributed by atoms with Gasteiger partial charge in [0, 0.05) is 35.5 Å². The Morgan fingerprint density at radius 2 is 2.11 bits per heavy atom. The Balaban J connectivity index is 1.42. The second-order valence-corrected chi connectivity index (χ2v) is 7.79. The SMILES string of the molecule is CC(=O)CCc1cc2cc(OCc3ccc(C4CCOC4)c(C)c3)ccc2[nH]1. The molecule has 0 spiro atoms. The maximum Gasteiger partial charge on any atom is 0.130 e. The average Bonchev–Trinajstić information content (AvgIpc) is 3.34. The number of ketones is 1. The maximum absolute atomic E-state index is 11.2. The number of ether oxygens (including phenoxy) is 2. The molecule has 2 aromatic carbocycles. The number of carbonyl (C=O) groups excluding carboxylic acids is 1. The quantitative estimate of drug-likeness (QED) is 0.625. The van der Waals surface area contributed by atoms with Gasteiger partial charge in [0.05, 0.1) is 6.61 Å². The van der Waals surface area contributed by atoms with Gasteiger partial charge in [-0.25, -0.2) is 0 Å². The number of benzene rings is 2. The number of aromatic amines is 1. The lowest BCUT2D eigenvalue weighted by Gasteiger charge is -2.14. The third-order valence-corrected chi connectivity index (χ3v) is 5.50. The number of hydrogen-bond donors (Lipinski definition) is 1. The standard InChI is InChI=1S/C24H27NO3/c1-16-11-18(4-7-23(16)19-9-10-27-15-19)14-28-22-6-8-24-20(13-22)12-21(25-24)5-3-17(2)26/h4,6-8,11-13,19,25H,3,5,9-10,14-15H2,1-2H3. The number of H-pyrrole nitrogens is 1. The zero-order valence-corrected chi connectivity index (χ0v) is 16.6. The highest BCUT2D eigenvalue weighted by molar-refractivity contribution is 5.82. The van der Waals surface area contributed by atoms with Gasteiger partial charge in [0.15, 0.2) is 0 Å². The van der Waals surface area contributed by atoms with E-state index < -0.39 is 0 Å². The monoisotopic (exact) mass is 377 g/mol. The summed E-state index contributed by atoms with van der Waals surface area (Å²) >= 11 is 0. The summed E-state index contributed by atoms with van der Waals surface area (Å²) in [5.41, 5.74) is 6.05. The van der Waals surface area contributed by atoms with Crippen LogP contribution in [-0.2, 0) is 22.6 Å². The first-order chi connectivity index (χ1) is 13.6. The molecule has 1 unspecified atom stereocenters. The van der Waals surface area contributed by atoms with Crippen LogP contribution in [-0.4, -0.2) is 24.0 Å². The Labute approximate surface area is 165 Å². The Bertz CT molecular complexity index is 983. The first kappa shape index (κ1) is 18.8. The molecule has 146 valence electrons. The van der Waals surface area contributed by atoms with Crippen LogP contribution in [0.15, 0.2) is 42.5 Å². The van der Waals surface area contributed by atoms with Crippen molar-refractivity contribution in [3.8, 4) is 5.75 Å². The smallest absolute Gasteiger partial charge is 0.130 e. The molecule has 0 radical (unpaired) electrons. The van der Waals surface area contributed by atoms with Crippen molar-refractivity contribution in [1.29, 1.82) is 0 Å². The van der Waals surface area contributed by atoms with Crippen molar-refractivity contribution in [3.05, 3.63) is 64.8 Å². The van der Waals surface area contributed by atoms with E-state index in [1.165, 1.54) is 16.7 Å². The van der Waals surface area contributed by atoms with Gasteiger partial charge in [0.1, 0.15) is 18.1 Å². The van der Waals surface area contributed by atoms with Gasteiger partial charge in [0.25, 0.3) is 0 Å². The fourth-order valence-corrected chi connectivity index (χ4v) is 3.94. The summed E-state index contributed by atoms with van der Waals surface area (Å²) in [4.78, 5) is 14.6. The van der Waals surface area contributed by atoms with Gasteiger partial charge in [-0.15, -0.1) is 0 Å². The fourth-order valence-electron chi connectivity index (χ4n) is 3.94. The molecule has 4 rings (SSSR count). The molecule has 0 bridgehead atoms. The van der Waals surface area contributed by atoms with Crippen molar-refractivity contribution in [2.75, 3.05) is 13.2 Å². The van der Waals surface area contributed by atoms with Crippen LogP contribution < -0.4 is 4.74 Å². The van der Waals surface area contributed by atoms with Gasteiger partial charge in [-0.3, -0.25) is 0 Å². The summed E-state index contributed by atoms with van der Waals surface area (Å²) < 4.78 is 11.6. The van der Waals surface area contributed by atoms with Crippen molar-refractivity contribution < 1.29 is 14.3 Å². The van der Waals surface area contributed by atoms with Crippen LogP contribution in [0, 0.1) is 6.92 Å². The zero-order chi connectivity index (χ0) is 19.5. The summed E-state index contributed by atoms with van der Waals surface area (Å²) in [5, 5.41) is 1.11. The zero-order valence-electron chi connectivity index (χ0n) is 16.6. The minimum atomic E-state index is 0.212. The highest BCUT2D eigenvalue weighted by Crippen LogP contribution is 2.29. The molecule has 1 aliphatic heterocycles. The predicted octanol–water partition coefficient (Wildman–Crippen LogP) is 5.08. The van der Waals surface area contributed by atoms with Crippen LogP contribution in [0.3, 0.4) is 0 Å². The third-order valence-electron chi connectivity index (χ3n) is 5.50. The summed E-state index contributed by atoms with van der Waals surface area (Å²) in [7, 11) is 0. The normalized spacial score (nSPS) is 16.6. The van der Waals surface area contributed by atoms with Crippen LogP contribution in [0.25, 0.3) is 10.9 Å². The summed E-state index contributed by atoms with van der Waals surface area (Å²) in [6, 6.07) is 14.8. The van der Waals surface area contributed by atoms with Gasteiger partial charge >= 0.3 is 0 Å². The molecule has 3 aromatic rings. The van der Waals surface area contributed by atoms with Crippen LogP contribution >= 0.6 is 0 Å². The minimum absolute atomic E-state index is 0.212. The molecular formula is C24H27NO3. The Morgan fingerprint density at radius 1 is 1.21 bits per heavy atom. The molecule has 1 aliphatic rings. The first-order valence-corrected chi connectivity index (χ1v) is 9.99. The molecule has 1 N–H and O–H groups in total. The van der Waals surface area contributed by atoms with Gasteiger partial charge in [-0.05, 0) is 67.6 Å². The lowest BCUT2D eigenvalue weighted by Crippen LogP contribution is -2.02. The topological polar surface area (TPSA) is 51.3 Å². The number of carbonyl (C=O) groups is 1. The van der Waals surface area contributed by atoms with Crippen molar-refractivity contribution >= 4 is 16.7 Å². The number of Topliss-reactive ketones (excluding diaryl/α,β-unsaturated/α-hetero) is 1. The first-order valence-electron chi connectivity index (χ1n) is 9.99. The number of aryl methyl sites for hydroxylation is 2. The second-order valence-electron chi connectivity index (χ2n) is 7.79. The summed E-state index contributed by atoms with van der Waals surface area (Å²) in [6.07, 6.45) is 2.43. The average molecular weight is 377 g/mol. The van der Waals surface area contributed by atoms with Gasteiger partial charge < -0.3 is 19.3 Å². The Kier molecular flexibility index (Phi) is 5.49. The molecule has 1 aromatic heterocycles. The van der Waals surface area contributed by atoms with E-state index >= 15 is 0 Å². The van der Waals surface area contributed by atoms with E-state index in [0.29, 0.717) is 18.9 Å². The van der Waals surface area contributed by atoms with Crippen LogP contribution in [0.5, 0.6) is 5.75 Å². The highest BCUT2D eigenvalue weighted by Gasteiger charge is 2.19. The van der Waals surface area contributed by atoms with Crippen molar-refractivity contribution in [1.82, 2.24) is 4.98 Å². The molecule has 0 amide bonds. The molecule has 28 heavy (non-hydrogen) atoms. The van der Waals surface area contributed by atoms with E-state index in [1.807, 2.05) is 12.1 Å². The van der Waals surface area contributed by atoms with Crippen molar-refractivity contribution in [2.45, 2.75) is 45.6 Å². The number of nitrogens with one attached hydrogen (secondary N) is 1. The molecule has 4 heteroatoms. The van der Waals surface area contributed by atoms with E-state index in [4.69, 9.17) is 9.47 Å². The third kappa shape index (κ3) is 4.28. The van der Waals surface area contributed by atoms with E-state index in [1.54, 1.807) is 6.92 Å². The van der Waals surface area contributed by atoms with Crippen molar-refractivity contribution in [2.24, 2.45) is 0 Å². The molecule has 1 fully saturated rings. The van der Waals surface area contributed by atoms with Gasteiger partial charge in [-0.2, -0.15) is 0 Å². The number of rotatable bonds is 7. The molecular weight excluding hydrogens is 350 g/mol. The predicted molar refractivity (Wildman–Crippen MR) is 111 cm³/mol. The number of aromatic nitrogens is 1. The van der Waals surface area contributed by atoms with E-state index in [2.05, 4.69) is 42.2 Å². The lowest BCUT2D eigenvalue weighted by molar-refractivity contribution is -0.116. The van der Waals surface area contributed by atoms with Crippen LogP contribution in [0.4, 0.5) is 0 Å². The van der Waals surface area contributed by atoms with Crippen LogP contribution in [0.2, 0.25) is 0 Å². The Hall–Kier alpha value is -2.59. The number of hydrogen-bond acceptors (Lipinski definition) is 3. The molecule has 0 aliphatic carbocycles. The van der Waals surface area contributed by atoms with Gasteiger partial charge in [-0.1, -0.05) is 18.2 Å². The van der Waals surface area contributed by atoms with Gasteiger partial charge in [0.2, 0.25) is 0 Å². The molecule has 1 atom stereocenters. The lowest BCUT2D eigenvalue weighted by atomic mass is 9.93. The molecule has 2 heterocycles. The molecule has 4 nitrogen and oxygen atoms in total. The van der Waals surface area contributed by atoms with Crippen LogP contribution in [0.1, 0.15) is 48.1 Å². The summed E-state index contributed by atoms with van der Waals surface area (Å²) in [5.74, 6) is 1.60. The second kappa shape index (κ2) is 8.19. The minimum Gasteiger partial charge on any atom is -0.489 e. The number of fused-ring (bicyclic) bond motifs is 1. The molecule has 0 saturated carbocycles. The largest absolute Gasteiger partial charge is 0.489 e. The Morgan fingerprint density at radius 3 is 2.86 bits per heavy atom. The van der Waals surface area contributed by atoms with E-state index in [-0.39, 0.29) is 5.78 Å². The highest BCUT2D eigenvalue weighted by atomic mass is 16.5. The fraction of sp³-hybridized carbons (Fsp3) is 0.375. The molecule has 1 saturated heterocycles. The maximum atomic E-state index is 11.2. The van der Waals surface area contributed by atoms with E-state index in [9.17, 15) is 4.79 Å².